The number of rotatable bonds is 11. The molecule has 0 saturated carbocycles. The monoisotopic (exact) mass is 488 g/mol. The Morgan fingerprint density at radius 1 is 1.26 bits per heavy atom. The molecule has 2 aromatic rings. The van der Waals surface area contributed by atoms with Gasteiger partial charge < -0.3 is 10.2 Å². The number of fused-ring (bicyclic) bond motifs is 1. The first-order chi connectivity index (χ1) is 16.3. The van der Waals surface area contributed by atoms with Gasteiger partial charge in [-0.1, -0.05) is 38.0 Å². The number of hydrogen-bond donors (Lipinski definition) is 3. The summed E-state index contributed by atoms with van der Waals surface area (Å²) in [4.78, 5) is 41.9. The number of hydroxylamine groups is 1. The summed E-state index contributed by atoms with van der Waals surface area (Å²) in [6, 6.07) is 7.90. The van der Waals surface area contributed by atoms with Gasteiger partial charge in [-0.2, -0.15) is 0 Å². The molecule has 1 aliphatic rings. The minimum Gasteiger partial charge on any atom is -0.347 e. The van der Waals surface area contributed by atoms with E-state index in [2.05, 4.69) is 27.7 Å². The molecule has 0 bridgehead atoms. The summed E-state index contributed by atoms with van der Waals surface area (Å²) in [5.41, 5.74) is 2.78. The van der Waals surface area contributed by atoms with Gasteiger partial charge in [0.05, 0.1) is 12.2 Å². The number of nitrogens with one attached hydrogen (secondary N) is 2. The van der Waals surface area contributed by atoms with E-state index in [1.165, 1.54) is 4.70 Å². The Morgan fingerprint density at radius 3 is 2.74 bits per heavy atom. The van der Waals surface area contributed by atoms with Crippen LogP contribution >= 0.6 is 11.3 Å². The molecule has 1 aliphatic heterocycles. The van der Waals surface area contributed by atoms with Crippen molar-refractivity contribution in [2.75, 3.05) is 20.6 Å². The van der Waals surface area contributed by atoms with Gasteiger partial charge in [0.25, 0.3) is 0 Å². The van der Waals surface area contributed by atoms with Gasteiger partial charge in [0.15, 0.2) is 0 Å². The fourth-order valence-electron chi connectivity index (χ4n) is 4.70. The van der Waals surface area contributed by atoms with Crippen LogP contribution in [0.4, 0.5) is 0 Å². The molecule has 1 saturated heterocycles. The number of carbonyl (C=O) groups is 3. The molecule has 8 nitrogen and oxygen atoms in total. The molecule has 2 heterocycles. The molecule has 1 fully saturated rings. The Morgan fingerprint density at radius 2 is 2.03 bits per heavy atom. The highest BCUT2D eigenvalue weighted by molar-refractivity contribution is 7.17. The van der Waals surface area contributed by atoms with Crippen LogP contribution in [-0.4, -0.2) is 65.6 Å². The Bertz CT molecular complexity index is 992. The smallest absolute Gasteiger partial charge is 0.244 e. The van der Waals surface area contributed by atoms with Crippen molar-refractivity contribution in [2.24, 2.45) is 5.92 Å². The standard InChI is InChI=1S/C25H36N4O4S/c1-4-5-9-17(15-23(30)27-33)24(31)26-22(29-13-8-11-20(29)25(32)28(2)3)14-18-16-34-21-12-7-6-10-19(18)21/h6-7,10,12,16-17,20,22,33H,4-5,8-9,11,13-15H2,1-3H3,(H,26,31)(H,27,30)/t17-,20?,22?/m1/s1. The zero-order chi connectivity index (χ0) is 24.7. The van der Waals surface area contributed by atoms with E-state index in [1.54, 1.807) is 35.8 Å². The summed E-state index contributed by atoms with van der Waals surface area (Å²) in [5, 5.41) is 15.4. The first-order valence-corrected chi connectivity index (χ1v) is 12.9. The Hall–Kier alpha value is -2.49. The molecule has 3 amide bonds. The second-order valence-electron chi connectivity index (χ2n) is 9.19. The molecule has 186 valence electrons. The van der Waals surface area contributed by atoms with Crippen LogP contribution in [0.5, 0.6) is 0 Å². The van der Waals surface area contributed by atoms with Crippen LogP contribution < -0.4 is 10.8 Å². The SMILES string of the molecule is CCCC[C@H](CC(=O)NO)C(=O)NC(Cc1csc2ccccc12)N1CCCC1C(=O)N(C)C. The number of likely N-dealkylation sites (N-methyl/N-ethyl adjacent to an activating group) is 1. The predicted molar refractivity (Wildman–Crippen MR) is 133 cm³/mol. The summed E-state index contributed by atoms with van der Waals surface area (Å²) < 4.78 is 1.19. The summed E-state index contributed by atoms with van der Waals surface area (Å²) in [7, 11) is 3.51. The topological polar surface area (TPSA) is 102 Å². The average molecular weight is 489 g/mol. The molecule has 0 radical (unpaired) electrons. The highest BCUT2D eigenvalue weighted by Gasteiger charge is 2.38. The largest absolute Gasteiger partial charge is 0.347 e. The van der Waals surface area contributed by atoms with Crippen molar-refractivity contribution in [3.63, 3.8) is 0 Å². The molecule has 0 spiro atoms. The minimum atomic E-state index is -0.571. The second-order valence-corrected chi connectivity index (χ2v) is 10.1. The average Bonchev–Trinajstić information content (AvgIpc) is 3.48. The lowest BCUT2D eigenvalue weighted by molar-refractivity contribution is -0.137. The van der Waals surface area contributed by atoms with Gasteiger partial charge in [-0.15, -0.1) is 11.3 Å². The quantitative estimate of drug-likeness (QED) is 0.333. The molecular weight excluding hydrogens is 452 g/mol. The molecule has 9 heteroatoms. The molecule has 1 aromatic carbocycles. The zero-order valence-corrected chi connectivity index (χ0v) is 21.1. The van der Waals surface area contributed by atoms with Gasteiger partial charge >= 0.3 is 0 Å². The number of thiophene rings is 1. The van der Waals surface area contributed by atoms with Crippen LogP contribution in [0.3, 0.4) is 0 Å². The number of hydrogen-bond acceptors (Lipinski definition) is 6. The fourth-order valence-corrected chi connectivity index (χ4v) is 5.68. The maximum atomic E-state index is 13.4. The van der Waals surface area contributed by atoms with E-state index >= 15 is 0 Å². The number of nitrogens with zero attached hydrogens (tertiary/aromatic N) is 2. The zero-order valence-electron chi connectivity index (χ0n) is 20.3. The maximum Gasteiger partial charge on any atom is 0.244 e. The second kappa shape index (κ2) is 12.3. The van der Waals surface area contributed by atoms with Gasteiger partial charge in [-0.05, 0) is 41.7 Å². The van der Waals surface area contributed by atoms with Crippen molar-refractivity contribution in [2.45, 2.75) is 64.1 Å². The first-order valence-electron chi connectivity index (χ1n) is 12.0. The van der Waals surface area contributed by atoms with Crippen molar-refractivity contribution in [1.82, 2.24) is 20.6 Å². The predicted octanol–water partition coefficient (Wildman–Crippen LogP) is 3.14. The lowest BCUT2D eigenvalue weighted by Crippen LogP contribution is -2.56. The summed E-state index contributed by atoms with van der Waals surface area (Å²) >= 11 is 1.67. The third-order valence-corrected chi connectivity index (χ3v) is 7.55. The Labute approximate surface area is 205 Å². The van der Waals surface area contributed by atoms with Gasteiger partial charge in [0.1, 0.15) is 0 Å². The maximum absolute atomic E-state index is 13.4. The summed E-state index contributed by atoms with van der Waals surface area (Å²) in [6.45, 7) is 2.75. The highest BCUT2D eigenvalue weighted by atomic mass is 32.1. The molecule has 2 unspecified atom stereocenters. The van der Waals surface area contributed by atoms with Crippen molar-refractivity contribution in [1.29, 1.82) is 0 Å². The highest BCUT2D eigenvalue weighted by Crippen LogP contribution is 2.29. The van der Waals surface area contributed by atoms with E-state index in [9.17, 15) is 14.4 Å². The number of likely N-dealkylation sites (tertiary alicyclic amines) is 1. The first kappa shape index (κ1) is 26.1. The van der Waals surface area contributed by atoms with Gasteiger partial charge in [-0.25, -0.2) is 5.48 Å². The summed E-state index contributed by atoms with van der Waals surface area (Å²) in [5.74, 6) is -1.29. The van der Waals surface area contributed by atoms with E-state index < -0.39 is 11.8 Å². The van der Waals surface area contributed by atoms with Crippen molar-refractivity contribution < 1.29 is 19.6 Å². The van der Waals surface area contributed by atoms with Crippen molar-refractivity contribution >= 4 is 39.1 Å². The molecule has 3 rings (SSSR count). The van der Waals surface area contributed by atoms with Gasteiger partial charge in [-0.3, -0.25) is 24.5 Å². The van der Waals surface area contributed by atoms with Crippen LogP contribution in [0.15, 0.2) is 29.6 Å². The van der Waals surface area contributed by atoms with Crippen LogP contribution in [0.25, 0.3) is 10.1 Å². The number of carbonyl (C=O) groups excluding carboxylic acids is 3. The van der Waals surface area contributed by atoms with Gasteiger partial charge in [0, 0.05) is 44.1 Å². The molecule has 1 aromatic heterocycles. The van der Waals surface area contributed by atoms with Crippen molar-refractivity contribution in [3.05, 3.63) is 35.2 Å². The summed E-state index contributed by atoms with van der Waals surface area (Å²) in [6.07, 6.45) is 4.03. The fraction of sp³-hybridized carbons (Fsp3) is 0.560. The number of benzene rings is 1. The van der Waals surface area contributed by atoms with Crippen LogP contribution in [0, 0.1) is 5.92 Å². The van der Waals surface area contributed by atoms with Crippen LogP contribution in [0.1, 0.15) is 51.0 Å². The van der Waals surface area contributed by atoms with E-state index in [0.29, 0.717) is 19.4 Å². The van der Waals surface area contributed by atoms with E-state index in [1.807, 2.05) is 19.1 Å². The number of unbranched alkanes of at least 4 members (excludes halogenated alkanes) is 1. The van der Waals surface area contributed by atoms with E-state index in [0.717, 1.165) is 36.6 Å². The normalized spacial score (nSPS) is 17.9. The van der Waals surface area contributed by atoms with E-state index in [4.69, 9.17) is 5.21 Å². The Kier molecular flexibility index (Phi) is 9.44. The van der Waals surface area contributed by atoms with Crippen molar-refractivity contribution in [3.8, 4) is 0 Å². The third kappa shape index (κ3) is 6.34. The molecule has 3 N–H and O–H groups in total. The lowest BCUT2D eigenvalue weighted by atomic mass is 9.96. The molecule has 3 atom stereocenters. The molecule has 0 aliphatic carbocycles. The third-order valence-electron chi connectivity index (χ3n) is 6.54. The number of amides is 3. The molecular formula is C25H36N4O4S. The lowest BCUT2D eigenvalue weighted by Gasteiger charge is -2.35. The van der Waals surface area contributed by atoms with Crippen LogP contribution in [-0.2, 0) is 20.8 Å². The Balaban J connectivity index is 1.88. The van der Waals surface area contributed by atoms with Crippen LogP contribution in [0.2, 0.25) is 0 Å². The molecule has 34 heavy (non-hydrogen) atoms. The minimum absolute atomic E-state index is 0.0362. The van der Waals surface area contributed by atoms with Gasteiger partial charge in [0.2, 0.25) is 17.7 Å². The van der Waals surface area contributed by atoms with E-state index in [-0.39, 0.29) is 30.4 Å².